The first kappa shape index (κ1) is 15.2. The quantitative estimate of drug-likeness (QED) is 0.482. The van der Waals surface area contributed by atoms with Crippen molar-refractivity contribution in [3.8, 4) is 0 Å². The predicted molar refractivity (Wildman–Crippen MR) is 83.3 cm³/mol. The molecule has 0 N–H and O–H groups in total. The standard InChI is InChI=1S/C18H22O/c1-4-7-10-18(19)17-13-11-16(12-14-17)15(8-5-2)9-6-3/h5-6,8-9,11-14H,2,4,7,10H2,1,3H3/b9-6-,15-8+. The van der Waals surface area contributed by atoms with Gasteiger partial charge in [0.2, 0.25) is 0 Å². The van der Waals surface area contributed by atoms with E-state index in [4.69, 9.17) is 0 Å². The Labute approximate surface area is 116 Å². The van der Waals surface area contributed by atoms with Gasteiger partial charge < -0.3 is 0 Å². The molecule has 0 amide bonds. The SMILES string of the molecule is C=C/C=C(\C=C/C)c1ccc(C(=O)CCCC)cc1. The van der Waals surface area contributed by atoms with Crippen molar-refractivity contribution in [1.29, 1.82) is 0 Å². The summed E-state index contributed by atoms with van der Waals surface area (Å²) in [6, 6.07) is 7.81. The Morgan fingerprint density at radius 1 is 1.21 bits per heavy atom. The van der Waals surface area contributed by atoms with E-state index in [-0.39, 0.29) is 5.78 Å². The van der Waals surface area contributed by atoms with E-state index in [0.717, 1.165) is 29.5 Å². The number of hydrogen-bond acceptors (Lipinski definition) is 1. The van der Waals surface area contributed by atoms with Gasteiger partial charge in [-0.05, 0) is 24.5 Å². The van der Waals surface area contributed by atoms with Crippen LogP contribution in [0.1, 0.15) is 49.0 Å². The lowest BCUT2D eigenvalue weighted by molar-refractivity contribution is 0.0980. The van der Waals surface area contributed by atoms with Gasteiger partial charge >= 0.3 is 0 Å². The van der Waals surface area contributed by atoms with Gasteiger partial charge in [-0.3, -0.25) is 4.79 Å². The third-order valence-corrected chi connectivity index (χ3v) is 2.94. The van der Waals surface area contributed by atoms with Gasteiger partial charge in [0.05, 0.1) is 0 Å². The molecule has 1 heteroatoms. The molecule has 0 atom stereocenters. The maximum absolute atomic E-state index is 11.9. The highest BCUT2D eigenvalue weighted by Crippen LogP contribution is 2.18. The van der Waals surface area contributed by atoms with E-state index >= 15 is 0 Å². The van der Waals surface area contributed by atoms with Crippen molar-refractivity contribution in [2.45, 2.75) is 33.1 Å². The maximum Gasteiger partial charge on any atom is 0.162 e. The van der Waals surface area contributed by atoms with Crippen LogP contribution in [0.4, 0.5) is 0 Å². The van der Waals surface area contributed by atoms with Crippen molar-refractivity contribution < 1.29 is 4.79 Å². The van der Waals surface area contributed by atoms with Crippen LogP contribution in [0.2, 0.25) is 0 Å². The third-order valence-electron chi connectivity index (χ3n) is 2.94. The van der Waals surface area contributed by atoms with Gasteiger partial charge in [0, 0.05) is 12.0 Å². The van der Waals surface area contributed by atoms with Gasteiger partial charge in [-0.25, -0.2) is 0 Å². The molecular formula is C18H22O. The van der Waals surface area contributed by atoms with E-state index in [1.54, 1.807) is 6.08 Å². The van der Waals surface area contributed by atoms with E-state index in [0.29, 0.717) is 6.42 Å². The summed E-state index contributed by atoms with van der Waals surface area (Å²) in [7, 11) is 0. The molecule has 1 nitrogen and oxygen atoms in total. The lowest BCUT2D eigenvalue weighted by atomic mass is 10.00. The Balaban J connectivity index is 2.89. The van der Waals surface area contributed by atoms with Gasteiger partial charge in [0.1, 0.15) is 0 Å². The largest absolute Gasteiger partial charge is 0.294 e. The average molecular weight is 254 g/mol. The number of Topliss-reactive ketones (excluding diaryl/α,β-unsaturated/α-hetero) is 1. The first-order valence-corrected chi connectivity index (χ1v) is 6.82. The number of carbonyl (C=O) groups excluding carboxylic acids is 1. The molecule has 0 spiro atoms. The maximum atomic E-state index is 11.9. The minimum Gasteiger partial charge on any atom is -0.294 e. The molecule has 1 aromatic carbocycles. The molecule has 0 saturated heterocycles. The van der Waals surface area contributed by atoms with Gasteiger partial charge in [-0.15, -0.1) is 0 Å². The number of carbonyl (C=O) groups is 1. The molecule has 0 radical (unpaired) electrons. The number of ketones is 1. The monoisotopic (exact) mass is 254 g/mol. The zero-order valence-electron chi connectivity index (χ0n) is 11.9. The van der Waals surface area contributed by atoms with E-state index < -0.39 is 0 Å². The van der Waals surface area contributed by atoms with Crippen LogP contribution in [0.25, 0.3) is 5.57 Å². The van der Waals surface area contributed by atoms with E-state index in [1.807, 2.05) is 49.4 Å². The summed E-state index contributed by atoms with van der Waals surface area (Å²) >= 11 is 0. The van der Waals surface area contributed by atoms with Crippen LogP contribution < -0.4 is 0 Å². The van der Waals surface area contributed by atoms with Gasteiger partial charge in [-0.1, -0.05) is 68.5 Å². The molecule has 1 aromatic rings. The van der Waals surface area contributed by atoms with Crippen LogP contribution >= 0.6 is 0 Å². The molecule has 0 unspecified atom stereocenters. The summed E-state index contributed by atoms with van der Waals surface area (Å²) in [5.74, 6) is 0.230. The fourth-order valence-corrected chi connectivity index (χ4v) is 1.88. The number of hydrogen-bond donors (Lipinski definition) is 0. The van der Waals surface area contributed by atoms with E-state index in [9.17, 15) is 4.79 Å². The minimum atomic E-state index is 0.230. The molecule has 19 heavy (non-hydrogen) atoms. The minimum absolute atomic E-state index is 0.230. The fraction of sp³-hybridized carbons (Fsp3) is 0.278. The Kier molecular flexibility index (Phi) is 6.59. The molecule has 0 fully saturated rings. The highest BCUT2D eigenvalue weighted by atomic mass is 16.1. The van der Waals surface area contributed by atoms with Crippen molar-refractivity contribution >= 4 is 11.4 Å². The molecule has 1 rings (SSSR count). The molecule has 0 aliphatic heterocycles. The van der Waals surface area contributed by atoms with Crippen molar-refractivity contribution in [1.82, 2.24) is 0 Å². The zero-order chi connectivity index (χ0) is 14.1. The smallest absolute Gasteiger partial charge is 0.162 e. The van der Waals surface area contributed by atoms with Crippen LogP contribution in [-0.4, -0.2) is 5.78 Å². The summed E-state index contributed by atoms with van der Waals surface area (Å²) in [5, 5.41) is 0. The average Bonchev–Trinajstić information content (AvgIpc) is 2.44. The van der Waals surface area contributed by atoms with Gasteiger partial charge in [0.15, 0.2) is 5.78 Å². The summed E-state index contributed by atoms with van der Waals surface area (Å²) in [6.07, 6.45) is 10.4. The van der Waals surface area contributed by atoms with Crippen molar-refractivity contribution in [2.24, 2.45) is 0 Å². The van der Waals surface area contributed by atoms with Crippen LogP contribution in [0.3, 0.4) is 0 Å². The second-order valence-corrected chi connectivity index (χ2v) is 4.46. The summed E-state index contributed by atoms with van der Waals surface area (Å²) in [5.41, 5.74) is 3.01. The lowest BCUT2D eigenvalue weighted by Gasteiger charge is -2.04. The van der Waals surface area contributed by atoms with Crippen molar-refractivity contribution in [2.75, 3.05) is 0 Å². The van der Waals surface area contributed by atoms with Gasteiger partial charge in [-0.2, -0.15) is 0 Å². The van der Waals surface area contributed by atoms with Crippen LogP contribution in [0.5, 0.6) is 0 Å². The van der Waals surface area contributed by atoms with E-state index in [2.05, 4.69) is 13.5 Å². The number of rotatable bonds is 7. The van der Waals surface area contributed by atoms with Gasteiger partial charge in [0.25, 0.3) is 0 Å². The second kappa shape index (κ2) is 8.25. The number of unbranched alkanes of at least 4 members (excludes halogenated alkanes) is 1. The first-order chi connectivity index (χ1) is 9.22. The Bertz CT molecular complexity index is 475. The third kappa shape index (κ3) is 4.70. The Morgan fingerprint density at radius 3 is 2.37 bits per heavy atom. The molecule has 100 valence electrons. The molecule has 0 bridgehead atoms. The van der Waals surface area contributed by atoms with Crippen LogP contribution in [0.15, 0.2) is 55.1 Å². The molecular weight excluding hydrogens is 232 g/mol. The molecule has 0 aliphatic carbocycles. The summed E-state index contributed by atoms with van der Waals surface area (Å²) in [4.78, 5) is 11.9. The molecule has 0 saturated carbocycles. The highest BCUT2D eigenvalue weighted by Gasteiger charge is 2.05. The zero-order valence-corrected chi connectivity index (χ0v) is 11.9. The summed E-state index contributed by atoms with van der Waals surface area (Å²) < 4.78 is 0. The number of benzene rings is 1. The van der Waals surface area contributed by atoms with E-state index in [1.165, 1.54) is 0 Å². The van der Waals surface area contributed by atoms with Crippen LogP contribution in [0, 0.1) is 0 Å². The fourth-order valence-electron chi connectivity index (χ4n) is 1.88. The number of allylic oxidation sites excluding steroid dienone is 5. The Morgan fingerprint density at radius 2 is 1.84 bits per heavy atom. The van der Waals surface area contributed by atoms with Crippen LogP contribution in [-0.2, 0) is 0 Å². The van der Waals surface area contributed by atoms with Crippen molar-refractivity contribution in [3.63, 3.8) is 0 Å². The van der Waals surface area contributed by atoms with Crippen molar-refractivity contribution in [3.05, 3.63) is 66.3 Å². The normalized spacial score (nSPS) is 11.8. The molecule has 0 heterocycles. The molecule has 0 aliphatic rings. The lowest BCUT2D eigenvalue weighted by Crippen LogP contribution is -1.98. The molecule has 0 aromatic heterocycles. The topological polar surface area (TPSA) is 17.1 Å². The highest BCUT2D eigenvalue weighted by molar-refractivity contribution is 5.96. The predicted octanol–water partition coefficient (Wildman–Crippen LogP) is 5.21. The first-order valence-electron chi connectivity index (χ1n) is 6.82. The summed E-state index contributed by atoms with van der Waals surface area (Å²) in [6.45, 7) is 7.81. The second-order valence-electron chi connectivity index (χ2n) is 4.46. The Hall–Kier alpha value is -1.89.